The zero-order valence-corrected chi connectivity index (χ0v) is 14.3. The van der Waals surface area contributed by atoms with Crippen LogP contribution < -0.4 is 34.0 Å². The molecule has 0 aromatic heterocycles. The van der Waals surface area contributed by atoms with Gasteiger partial charge < -0.3 is 34.0 Å². The second kappa shape index (κ2) is 7.19. The number of halogens is 2. The molecule has 1 atom stereocenters. The summed E-state index contributed by atoms with van der Waals surface area (Å²) in [7, 11) is 0. The van der Waals surface area contributed by atoms with E-state index in [1.807, 2.05) is 0 Å². The van der Waals surface area contributed by atoms with Crippen LogP contribution in [0.1, 0.15) is 34.5 Å². The fourth-order valence-electron chi connectivity index (χ4n) is 1.89. The Morgan fingerprint density at radius 2 is 1.87 bits per heavy atom. The summed E-state index contributed by atoms with van der Waals surface area (Å²) in [5.74, 6) is 0. The van der Waals surface area contributed by atoms with Crippen LogP contribution >= 0.6 is 0 Å². The molecule has 2 rings (SSSR count). The summed E-state index contributed by atoms with van der Waals surface area (Å²) in [5, 5.41) is 0. The van der Waals surface area contributed by atoms with Gasteiger partial charge in [-0.05, 0) is 0 Å². The maximum absolute atomic E-state index is 2.39. The molecule has 0 saturated heterocycles. The first-order valence-corrected chi connectivity index (χ1v) is 6.25. The standard InChI is InChI=1S/C12H13.2BrH.Zr/c1-2-5-10-8-11-6-3-4-7-12(11)9-10;;;/h3-4,6-9H,2,5H2,1H3;2*1H;/q;;;+2/p-2. The molecule has 1 aromatic rings. The van der Waals surface area contributed by atoms with Crippen LogP contribution in [0, 0.1) is 0 Å². The molecule has 1 aliphatic rings. The normalized spacial score (nSPS) is 17.3. The number of hydrogen-bond donors (Lipinski definition) is 0. The van der Waals surface area contributed by atoms with E-state index in [-0.39, 0.29) is 34.0 Å². The van der Waals surface area contributed by atoms with E-state index in [1.165, 1.54) is 18.4 Å². The van der Waals surface area contributed by atoms with Crippen LogP contribution in [-0.2, 0) is 24.7 Å². The maximum Gasteiger partial charge on any atom is -1.00 e. The van der Waals surface area contributed by atoms with E-state index in [4.69, 9.17) is 0 Å². The topological polar surface area (TPSA) is 0 Å². The molecule has 3 heteroatoms. The first kappa shape index (κ1) is 15.8. The van der Waals surface area contributed by atoms with E-state index in [1.54, 1.807) is 35.9 Å². The monoisotopic (exact) mass is 405 g/mol. The SMILES string of the molecule is CCCC1=Cc2ccccc2[CH]1[Zr+2].[Br-].[Br-]. The maximum atomic E-state index is 2.39. The van der Waals surface area contributed by atoms with Crippen molar-refractivity contribution in [2.24, 2.45) is 0 Å². The van der Waals surface area contributed by atoms with Crippen molar-refractivity contribution in [3.05, 3.63) is 41.0 Å². The summed E-state index contributed by atoms with van der Waals surface area (Å²) in [5.41, 5.74) is 4.64. The molecule has 1 aliphatic carbocycles. The number of fused-ring (bicyclic) bond motifs is 1. The van der Waals surface area contributed by atoms with Crippen molar-refractivity contribution >= 4 is 6.08 Å². The molecule has 0 N–H and O–H groups in total. The molecule has 0 aliphatic heterocycles. The Kier molecular flexibility index (Phi) is 7.58. The smallest absolute Gasteiger partial charge is 1.00 e. The molecule has 0 radical (unpaired) electrons. The fourth-order valence-corrected chi connectivity index (χ4v) is 3.10. The summed E-state index contributed by atoms with van der Waals surface area (Å²) >= 11 is 1.63. The van der Waals surface area contributed by atoms with Gasteiger partial charge in [0, 0.05) is 0 Å². The fraction of sp³-hybridized carbons (Fsp3) is 0.333. The van der Waals surface area contributed by atoms with E-state index in [2.05, 4.69) is 37.3 Å². The Hall–Kier alpha value is 0.803. The predicted molar refractivity (Wildman–Crippen MR) is 52.1 cm³/mol. The van der Waals surface area contributed by atoms with Gasteiger partial charge in [-0.3, -0.25) is 0 Å². The molecular weight excluding hydrogens is 395 g/mol. The average molecular weight is 408 g/mol. The van der Waals surface area contributed by atoms with Gasteiger partial charge in [-0.25, -0.2) is 0 Å². The first-order valence-electron chi connectivity index (χ1n) is 4.83. The quantitative estimate of drug-likeness (QED) is 0.507. The number of allylic oxidation sites excluding steroid dienone is 1. The predicted octanol–water partition coefficient (Wildman–Crippen LogP) is -2.52. The second-order valence-electron chi connectivity index (χ2n) is 3.53. The van der Waals surface area contributed by atoms with E-state index < -0.39 is 0 Å². The van der Waals surface area contributed by atoms with Crippen molar-refractivity contribution in [2.75, 3.05) is 0 Å². The summed E-state index contributed by atoms with van der Waals surface area (Å²) in [6.45, 7) is 2.26. The Labute approximate surface area is 128 Å². The number of benzene rings is 1. The zero-order chi connectivity index (χ0) is 9.26. The van der Waals surface area contributed by atoms with E-state index in [0.717, 1.165) is 3.63 Å². The minimum absolute atomic E-state index is 0. The van der Waals surface area contributed by atoms with Crippen molar-refractivity contribution in [3.8, 4) is 0 Å². The zero-order valence-electron chi connectivity index (χ0n) is 8.63. The van der Waals surface area contributed by atoms with Gasteiger partial charge in [-0.2, -0.15) is 0 Å². The van der Waals surface area contributed by atoms with Gasteiger partial charge in [0.05, 0.1) is 0 Å². The van der Waals surface area contributed by atoms with Crippen LogP contribution in [0.25, 0.3) is 6.08 Å². The van der Waals surface area contributed by atoms with Crippen molar-refractivity contribution in [2.45, 2.75) is 23.4 Å². The van der Waals surface area contributed by atoms with Gasteiger partial charge in [0.15, 0.2) is 0 Å². The summed E-state index contributed by atoms with van der Waals surface area (Å²) in [6, 6.07) is 8.79. The van der Waals surface area contributed by atoms with Crippen LogP contribution in [0.4, 0.5) is 0 Å². The van der Waals surface area contributed by atoms with Crippen molar-refractivity contribution in [1.29, 1.82) is 0 Å². The van der Waals surface area contributed by atoms with Crippen molar-refractivity contribution in [1.82, 2.24) is 0 Å². The summed E-state index contributed by atoms with van der Waals surface area (Å²) in [6.07, 6.45) is 4.92. The van der Waals surface area contributed by atoms with Crippen molar-refractivity contribution in [3.63, 3.8) is 0 Å². The van der Waals surface area contributed by atoms with E-state index in [0.29, 0.717) is 0 Å². The Morgan fingerprint density at radius 3 is 2.47 bits per heavy atom. The first-order chi connectivity index (χ1) is 6.33. The molecule has 0 spiro atoms. The minimum Gasteiger partial charge on any atom is -1.00 e. The Balaban J connectivity index is 0.000000980. The van der Waals surface area contributed by atoms with Gasteiger partial charge in [0.2, 0.25) is 0 Å². The molecule has 0 nitrogen and oxygen atoms in total. The molecule has 0 heterocycles. The largest absolute Gasteiger partial charge is 1.00 e. The van der Waals surface area contributed by atoms with Crippen LogP contribution in [-0.4, -0.2) is 0 Å². The number of rotatable bonds is 2. The van der Waals surface area contributed by atoms with Crippen molar-refractivity contribution < 1.29 is 58.7 Å². The van der Waals surface area contributed by atoms with Crippen LogP contribution in [0.15, 0.2) is 29.8 Å². The third kappa shape index (κ3) is 3.38. The average Bonchev–Trinajstić information content (AvgIpc) is 2.46. The van der Waals surface area contributed by atoms with Gasteiger partial charge in [-0.1, -0.05) is 0 Å². The van der Waals surface area contributed by atoms with E-state index >= 15 is 0 Å². The van der Waals surface area contributed by atoms with E-state index in [9.17, 15) is 0 Å². The van der Waals surface area contributed by atoms with Gasteiger partial charge in [0.25, 0.3) is 0 Å². The van der Waals surface area contributed by atoms with Crippen LogP contribution in [0.5, 0.6) is 0 Å². The molecular formula is C12H13Br2Zr. The molecule has 0 fully saturated rings. The molecule has 79 valence electrons. The third-order valence-corrected chi connectivity index (χ3v) is 4.23. The van der Waals surface area contributed by atoms with Crippen LogP contribution in [0.2, 0.25) is 0 Å². The molecule has 0 saturated carbocycles. The molecule has 1 aromatic carbocycles. The summed E-state index contributed by atoms with van der Waals surface area (Å²) < 4.78 is 0.739. The van der Waals surface area contributed by atoms with Gasteiger partial charge in [0.1, 0.15) is 0 Å². The second-order valence-corrected chi connectivity index (χ2v) is 4.95. The summed E-state index contributed by atoms with van der Waals surface area (Å²) in [4.78, 5) is 0. The van der Waals surface area contributed by atoms with Gasteiger partial charge in [-0.15, -0.1) is 0 Å². The number of hydrogen-bond acceptors (Lipinski definition) is 0. The molecule has 0 bridgehead atoms. The molecule has 0 amide bonds. The minimum atomic E-state index is 0. The molecule has 15 heavy (non-hydrogen) atoms. The molecule has 1 unspecified atom stereocenters. The Morgan fingerprint density at radius 1 is 1.20 bits per heavy atom. The van der Waals surface area contributed by atoms with Gasteiger partial charge >= 0.3 is 95.2 Å². The third-order valence-electron chi connectivity index (χ3n) is 2.56. The Bertz CT molecular complexity index is 347. The van der Waals surface area contributed by atoms with Crippen LogP contribution in [0.3, 0.4) is 0 Å².